The predicted molar refractivity (Wildman–Crippen MR) is 114 cm³/mol. The molecule has 10 nitrogen and oxygen atoms in total. The van der Waals surface area contributed by atoms with Crippen molar-refractivity contribution in [2.75, 3.05) is 11.1 Å². The monoisotopic (exact) mass is 466 g/mol. The van der Waals surface area contributed by atoms with Gasteiger partial charge >= 0.3 is 6.09 Å². The first kappa shape index (κ1) is 22.4. The van der Waals surface area contributed by atoms with Crippen molar-refractivity contribution in [3.63, 3.8) is 0 Å². The Morgan fingerprint density at radius 2 is 1.97 bits per heavy atom. The van der Waals surface area contributed by atoms with Crippen LogP contribution in [0.3, 0.4) is 0 Å². The highest BCUT2D eigenvalue weighted by Crippen LogP contribution is 2.35. The van der Waals surface area contributed by atoms with Crippen molar-refractivity contribution >= 4 is 50.9 Å². The highest BCUT2D eigenvalue weighted by Gasteiger charge is 2.39. The number of hydrogen-bond acceptors (Lipinski definition) is 6. The first-order valence-electron chi connectivity index (χ1n) is 9.04. The van der Waals surface area contributed by atoms with Crippen LogP contribution in [-0.2, 0) is 26.0 Å². The molecule has 31 heavy (non-hydrogen) atoms. The molecular formula is C19H19ClN4O6S. The van der Waals surface area contributed by atoms with Crippen molar-refractivity contribution in [2.45, 2.75) is 24.1 Å². The Kier molecular flexibility index (Phi) is 6.37. The van der Waals surface area contributed by atoms with Gasteiger partial charge in [-0.25, -0.2) is 13.2 Å². The summed E-state index contributed by atoms with van der Waals surface area (Å²) in [7, 11) is -3.87. The van der Waals surface area contributed by atoms with Crippen LogP contribution in [0.4, 0.5) is 16.2 Å². The molecule has 2 aromatic carbocycles. The Hall–Kier alpha value is -3.31. The van der Waals surface area contributed by atoms with Gasteiger partial charge in [0.1, 0.15) is 11.3 Å². The number of amides is 3. The van der Waals surface area contributed by atoms with Crippen molar-refractivity contribution in [3.8, 4) is 0 Å². The van der Waals surface area contributed by atoms with Gasteiger partial charge in [-0.05, 0) is 29.3 Å². The second-order valence-electron chi connectivity index (χ2n) is 6.90. The quantitative estimate of drug-likeness (QED) is 0.403. The number of sulfonamides is 1. The standard InChI is InChI=1S/C19H19ClN4O6S/c20-12-7-10(5-6-11(12)16-9-17(25)24-31(16,29)30)8-15(23-19(27)28)18(26)22-14-4-2-1-3-13(14)21/h1-7,15-16,23H,8-9,21H2,(H,22,26)(H,24,25)(H,27,28)/t15-,16?/m1/s1. The largest absolute Gasteiger partial charge is 0.465 e. The van der Waals surface area contributed by atoms with Crippen molar-refractivity contribution in [3.05, 3.63) is 58.6 Å². The van der Waals surface area contributed by atoms with Crippen LogP contribution in [0.5, 0.6) is 0 Å². The number of carbonyl (C=O) groups is 3. The van der Waals surface area contributed by atoms with E-state index in [1.54, 1.807) is 24.3 Å². The van der Waals surface area contributed by atoms with Crippen LogP contribution in [0.25, 0.3) is 0 Å². The Labute approximate surface area is 182 Å². The van der Waals surface area contributed by atoms with Crippen LogP contribution < -0.4 is 21.1 Å². The highest BCUT2D eigenvalue weighted by atomic mass is 35.5. The molecule has 164 valence electrons. The summed E-state index contributed by atoms with van der Waals surface area (Å²) in [5.41, 5.74) is 7.18. The third-order valence-electron chi connectivity index (χ3n) is 4.69. The first-order valence-corrected chi connectivity index (χ1v) is 11.0. The number of nitrogens with two attached hydrogens (primary N) is 1. The number of rotatable bonds is 6. The molecule has 0 radical (unpaired) electrons. The number of anilines is 2. The smallest absolute Gasteiger partial charge is 0.405 e. The van der Waals surface area contributed by atoms with Gasteiger partial charge in [-0.3, -0.25) is 14.3 Å². The molecule has 6 N–H and O–H groups in total. The molecule has 12 heteroatoms. The number of carboxylic acid groups (broad SMARTS) is 1. The van der Waals surface area contributed by atoms with Gasteiger partial charge in [0.15, 0.2) is 0 Å². The lowest BCUT2D eigenvalue weighted by Crippen LogP contribution is -2.44. The number of nitrogens with one attached hydrogen (secondary N) is 3. The van der Waals surface area contributed by atoms with Crippen molar-refractivity contribution in [1.29, 1.82) is 0 Å². The Bertz CT molecular complexity index is 1150. The SMILES string of the molecule is Nc1ccccc1NC(=O)[C@@H](Cc1ccc(C2CC(=O)NS2(=O)=O)c(Cl)c1)NC(=O)O. The minimum absolute atomic E-state index is 0.0561. The molecule has 1 aliphatic heterocycles. The molecule has 1 aliphatic rings. The van der Waals surface area contributed by atoms with Gasteiger partial charge in [-0.15, -0.1) is 0 Å². The molecule has 0 bridgehead atoms. The second-order valence-corrected chi connectivity index (χ2v) is 9.17. The van der Waals surface area contributed by atoms with E-state index in [9.17, 15) is 22.8 Å². The van der Waals surface area contributed by atoms with Gasteiger partial charge < -0.3 is 21.5 Å². The molecule has 3 rings (SSSR count). The number of carbonyl (C=O) groups excluding carboxylic acids is 2. The van der Waals surface area contributed by atoms with Gasteiger partial charge in [-0.1, -0.05) is 35.9 Å². The maximum absolute atomic E-state index is 12.6. The van der Waals surface area contributed by atoms with E-state index in [0.717, 1.165) is 0 Å². The van der Waals surface area contributed by atoms with E-state index in [1.165, 1.54) is 18.2 Å². The lowest BCUT2D eigenvalue weighted by atomic mass is 10.0. The molecule has 0 spiro atoms. The molecule has 2 atom stereocenters. The molecular weight excluding hydrogens is 448 g/mol. The number of hydrogen-bond donors (Lipinski definition) is 5. The predicted octanol–water partition coefficient (Wildman–Crippen LogP) is 1.63. The van der Waals surface area contributed by atoms with Crippen molar-refractivity contribution in [1.82, 2.24) is 10.0 Å². The zero-order chi connectivity index (χ0) is 22.8. The minimum Gasteiger partial charge on any atom is -0.465 e. The first-order chi connectivity index (χ1) is 14.6. The van der Waals surface area contributed by atoms with Crippen LogP contribution in [0.15, 0.2) is 42.5 Å². The summed E-state index contributed by atoms with van der Waals surface area (Å²) in [6, 6.07) is 9.77. The van der Waals surface area contributed by atoms with Crippen LogP contribution >= 0.6 is 11.6 Å². The van der Waals surface area contributed by atoms with E-state index < -0.39 is 39.2 Å². The molecule has 2 aromatic rings. The van der Waals surface area contributed by atoms with Gasteiger partial charge in [0.25, 0.3) is 0 Å². The average Bonchev–Trinajstić information content (AvgIpc) is 2.94. The minimum atomic E-state index is -3.87. The van der Waals surface area contributed by atoms with Crippen molar-refractivity contribution < 1.29 is 27.9 Å². The number of benzene rings is 2. The second kappa shape index (κ2) is 8.82. The van der Waals surface area contributed by atoms with E-state index in [2.05, 4.69) is 10.6 Å². The van der Waals surface area contributed by atoms with Gasteiger partial charge in [0.05, 0.1) is 17.8 Å². The third-order valence-corrected chi connectivity index (χ3v) is 6.70. The molecule has 1 heterocycles. The maximum Gasteiger partial charge on any atom is 0.405 e. The molecule has 0 aliphatic carbocycles. The zero-order valence-electron chi connectivity index (χ0n) is 16.0. The molecule has 1 fully saturated rings. The van der Waals surface area contributed by atoms with Crippen molar-refractivity contribution in [2.24, 2.45) is 0 Å². The maximum atomic E-state index is 12.6. The fraction of sp³-hybridized carbons (Fsp3) is 0.211. The number of halogens is 1. The molecule has 3 amide bonds. The lowest BCUT2D eigenvalue weighted by Gasteiger charge is -2.18. The van der Waals surface area contributed by atoms with E-state index in [4.69, 9.17) is 22.4 Å². The van der Waals surface area contributed by atoms with Crippen LogP contribution in [0, 0.1) is 0 Å². The van der Waals surface area contributed by atoms with E-state index >= 15 is 0 Å². The number of nitrogen functional groups attached to an aromatic ring is 1. The molecule has 0 aromatic heterocycles. The summed E-state index contributed by atoms with van der Waals surface area (Å²) in [6.07, 6.45) is -1.70. The summed E-state index contributed by atoms with van der Waals surface area (Å²) in [5, 5.41) is 12.8. The van der Waals surface area contributed by atoms with Crippen LogP contribution in [0.2, 0.25) is 5.02 Å². The van der Waals surface area contributed by atoms with Gasteiger partial charge in [-0.2, -0.15) is 0 Å². The normalized spacial score (nSPS) is 18.1. The van der Waals surface area contributed by atoms with Crippen LogP contribution in [-0.4, -0.2) is 37.5 Å². The Morgan fingerprint density at radius 3 is 2.55 bits per heavy atom. The summed E-state index contributed by atoms with van der Waals surface area (Å²) < 4.78 is 26.1. The van der Waals surface area contributed by atoms with Gasteiger partial charge in [0, 0.05) is 11.4 Å². The van der Waals surface area contributed by atoms with E-state index in [0.29, 0.717) is 16.9 Å². The van der Waals surface area contributed by atoms with Crippen LogP contribution in [0.1, 0.15) is 22.8 Å². The Morgan fingerprint density at radius 1 is 1.26 bits per heavy atom. The average molecular weight is 467 g/mol. The molecule has 1 unspecified atom stereocenters. The highest BCUT2D eigenvalue weighted by molar-refractivity contribution is 7.90. The summed E-state index contributed by atoms with van der Waals surface area (Å²) in [5.74, 6) is -1.25. The lowest BCUT2D eigenvalue weighted by molar-refractivity contribution is -0.119. The summed E-state index contributed by atoms with van der Waals surface area (Å²) >= 11 is 6.25. The third kappa shape index (κ3) is 5.25. The summed E-state index contributed by atoms with van der Waals surface area (Å²) in [4.78, 5) is 35.3. The van der Waals surface area contributed by atoms with E-state index in [-0.39, 0.29) is 23.4 Å². The Balaban J connectivity index is 1.81. The fourth-order valence-corrected chi connectivity index (χ4v) is 5.06. The molecule has 1 saturated heterocycles. The topological polar surface area (TPSA) is 168 Å². The van der Waals surface area contributed by atoms with E-state index in [1.807, 2.05) is 4.72 Å². The molecule has 0 saturated carbocycles. The van der Waals surface area contributed by atoms with Gasteiger partial charge in [0.2, 0.25) is 21.8 Å². The number of para-hydroxylation sites is 2. The summed E-state index contributed by atoms with van der Waals surface area (Å²) in [6.45, 7) is 0. The fourth-order valence-electron chi connectivity index (χ4n) is 3.21. The zero-order valence-corrected chi connectivity index (χ0v) is 17.5.